The fourth-order valence-electron chi connectivity index (χ4n) is 4.74. The first kappa shape index (κ1) is 21.8. The van der Waals surface area contributed by atoms with Crippen LogP contribution in [0.15, 0.2) is 124 Å². The fraction of sp³-hybridized carbons (Fsp3) is 0.200. The lowest BCUT2D eigenvalue weighted by atomic mass is 9.79. The molecule has 0 heterocycles. The van der Waals surface area contributed by atoms with Gasteiger partial charge in [0.05, 0.1) is 10.9 Å². The molecular weight excluding hydrogens is 427 g/mol. The molecule has 166 valence electrons. The summed E-state index contributed by atoms with van der Waals surface area (Å²) in [6, 6.07) is 36.6. The van der Waals surface area contributed by atoms with E-state index < -0.39 is 5.60 Å². The zero-order valence-electron chi connectivity index (χ0n) is 18.6. The van der Waals surface area contributed by atoms with E-state index in [4.69, 9.17) is 4.74 Å². The monoisotopic (exact) mass is 455 g/mol. The quantitative estimate of drug-likeness (QED) is 0.267. The van der Waals surface area contributed by atoms with E-state index in [-0.39, 0.29) is 16.7 Å². The lowest BCUT2D eigenvalue weighted by Gasteiger charge is -2.38. The van der Waals surface area contributed by atoms with Crippen LogP contribution in [0.2, 0.25) is 0 Å². The van der Waals surface area contributed by atoms with Crippen molar-refractivity contribution in [3.8, 4) is 5.75 Å². The molecule has 1 saturated carbocycles. The van der Waals surface area contributed by atoms with Gasteiger partial charge in [-0.3, -0.25) is 0 Å². The van der Waals surface area contributed by atoms with Crippen molar-refractivity contribution in [2.24, 2.45) is 0 Å². The summed E-state index contributed by atoms with van der Waals surface area (Å²) in [6.45, 7) is 0. The molecule has 0 N–H and O–H groups in total. The maximum absolute atomic E-state index is 15.2. The Kier molecular flexibility index (Phi) is 6.50. The minimum absolute atomic E-state index is 0.302. The molecule has 0 radical (unpaired) electrons. The van der Waals surface area contributed by atoms with E-state index in [1.165, 1.54) is 16.2 Å². The second-order valence-corrected chi connectivity index (χ2v) is 10.6. The van der Waals surface area contributed by atoms with Crippen LogP contribution in [0.4, 0.5) is 4.39 Å². The van der Waals surface area contributed by atoms with Gasteiger partial charge in [0.25, 0.3) is 0 Å². The highest BCUT2D eigenvalue weighted by atomic mass is 32.2. The van der Waals surface area contributed by atoms with Crippen LogP contribution in [-0.2, 0) is 16.5 Å². The second-order valence-electron chi connectivity index (χ2n) is 8.55. The van der Waals surface area contributed by atoms with Crippen molar-refractivity contribution < 1.29 is 9.13 Å². The summed E-state index contributed by atoms with van der Waals surface area (Å²) >= 11 is 0. The lowest BCUT2D eigenvalue weighted by molar-refractivity contribution is 0.0224. The van der Waals surface area contributed by atoms with Crippen molar-refractivity contribution in [3.05, 3.63) is 121 Å². The predicted molar refractivity (Wildman–Crippen MR) is 133 cm³/mol. The fourth-order valence-corrected chi connectivity index (χ4v) is 6.84. The van der Waals surface area contributed by atoms with E-state index in [0.717, 1.165) is 36.1 Å². The van der Waals surface area contributed by atoms with Crippen LogP contribution < -0.4 is 4.74 Å². The molecule has 0 atom stereocenters. The highest BCUT2D eigenvalue weighted by Gasteiger charge is 2.38. The molecule has 1 fully saturated rings. The van der Waals surface area contributed by atoms with Gasteiger partial charge in [-0.1, -0.05) is 73.2 Å². The normalized spacial score (nSPS) is 15.3. The molecule has 0 aromatic heterocycles. The van der Waals surface area contributed by atoms with Crippen molar-refractivity contribution in [1.29, 1.82) is 0 Å². The molecule has 1 aliphatic rings. The number of ether oxygens (including phenoxy) is 1. The van der Waals surface area contributed by atoms with Crippen molar-refractivity contribution >= 4 is 10.9 Å². The van der Waals surface area contributed by atoms with Gasteiger partial charge in [-0.15, -0.1) is 0 Å². The summed E-state index contributed by atoms with van der Waals surface area (Å²) in [4.78, 5) is 3.47. The van der Waals surface area contributed by atoms with Gasteiger partial charge in [-0.05, 0) is 67.6 Å². The molecule has 0 aliphatic heterocycles. The van der Waals surface area contributed by atoms with Gasteiger partial charge in [-0.2, -0.15) is 0 Å². The molecule has 1 aliphatic carbocycles. The van der Waals surface area contributed by atoms with Crippen molar-refractivity contribution in [3.63, 3.8) is 0 Å². The summed E-state index contributed by atoms with van der Waals surface area (Å²) in [6.07, 6.45) is 5.20. The summed E-state index contributed by atoms with van der Waals surface area (Å²) in [5.41, 5.74) is 0.663. The number of hydrogen-bond acceptors (Lipinski definition) is 1. The molecular formula is C30H28FOS+. The Labute approximate surface area is 198 Å². The zero-order chi connectivity index (χ0) is 22.5. The summed E-state index contributed by atoms with van der Waals surface area (Å²) in [5.74, 6) is 0.0481. The van der Waals surface area contributed by atoms with E-state index in [1.54, 1.807) is 6.07 Å². The maximum Gasteiger partial charge on any atom is 0.170 e. The second kappa shape index (κ2) is 9.84. The van der Waals surface area contributed by atoms with Crippen molar-refractivity contribution in [1.82, 2.24) is 0 Å². The van der Waals surface area contributed by atoms with E-state index >= 15 is 4.39 Å². The molecule has 0 unspecified atom stereocenters. The first-order valence-corrected chi connectivity index (χ1v) is 12.9. The van der Waals surface area contributed by atoms with Crippen LogP contribution >= 0.6 is 0 Å². The van der Waals surface area contributed by atoms with Crippen LogP contribution in [0.5, 0.6) is 5.75 Å². The zero-order valence-corrected chi connectivity index (χ0v) is 19.4. The minimum Gasteiger partial charge on any atom is -0.479 e. The maximum atomic E-state index is 15.2. The summed E-state index contributed by atoms with van der Waals surface area (Å²) in [5, 5.41) is 0. The topological polar surface area (TPSA) is 9.23 Å². The first-order valence-electron chi connectivity index (χ1n) is 11.6. The Morgan fingerprint density at radius 2 is 1.15 bits per heavy atom. The van der Waals surface area contributed by atoms with Crippen LogP contribution in [0.1, 0.15) is 37.7 Å². The first-order chi connectivity index (χ1) is 16.3. The summed E-state index contributed by atoms with van der Waals surface area (Å²) in [7, 11) is -0.344. The van der Waals surface area contributed by atoms with Crippen LogP contribution in [-0.4, -0.2) is 0 Å². The molecule has 4 aromatic carbocycles. The number of benzene rings is 4. The van der Waals surface area contributed by atoms with Crippen LogP contribution in [0, 0.1) is 5.82 Å². The average Bonchev–Trinajstić information content (AvgIpc) is 2.88. The molecule has 0 saturated heterocycles. The van der Waals surface area contributed by atoms with Gasteiger partial charge in [0.15, 0.2) is 26.3 Å². The van der Waals surface area contributed by atoms with Crippen LogP contribution in [0.25, 0.3) is 0 Å². The van der Waals surface area contributed by atoms with E-state index in [0.29, 0.717) is 5.75 Å². The third-order valence-electron chi connectivity index (χ3n) is 6.36. The molecule has 4 aromatic rings. The van der Waals surface area contributed by atoms with Crippen molar-refractivity contribution in [2.75, 3.05) is 0 Å². The van der Waals surface area contributed by atoms with E-state index in [2.05, 4.69) is 60.7 Å². The highest BCUT2D eigenvalue weighted by Crippen LogP contribution is 2.43. The van der Waals surface area contributed by atoms with Crippen LogP contribution in [0.3, 0.4) is 0 Å². The Morgan fingerprint density at radius 1 is 0.606 bits per heavy atom. The Morgan fingerprint density at radius 3 is 1.73 bits per heavy atom. The van der Waals surface area contributed by atoms with Gasteiger partial charge in [0.1, 0.15) is 5.60 Å². The number of rotatable bonds is 6. The molecule has 0 spiro atoms. The van der Waals surface area contributed by atoms with Gasteiger partial charge in [0.2, 0.25) is 0 Å². The highest BCUT2D eigenvalue weighted by molar-refractivity contribution is 7.97. The Balaban J connectivity index is 1.57. The largest absolute Gasteiger partial charge is 0.479 e. The van der Waals surface area contributed by atoms with Gasteiger partial charge in [0, 0.05) is 6.07 Å². The Bertz CT molecular complexity index is 1130. The van der Waals surface area contributed by atoms with Gasteiger partial charge < -0.3 is 4.74 Å². The number of hydrogen-bond donors (Lipinski definition) is 0. The minimum atomic E-state index is -0.475. The number of halogens is 1. The van der Waals surface area contributed by atoms with Gasteiger partial charge in [-0.25, -0.2) is 4.39 Å². The summed E-state index contributed by atoms with van der Waals surface area (Å²) < 4.78 is 21.8. The van der Waals surface area contributed by atoms with E-state index in [1.807, 2.05) is 42.5 Å². The Hall–Kier alpha value is -3.04. The smallest absolute Gasteiger partial charge is 0.170 e. The molecule has 0 amide bonds. The average molecular weight is 456 g/mol. The third kappa shape index (κ3) is 4.69. The predicted octanol–water partition coefficient (Wildman–Crippen LogP) is 8.16. The SMILES string of the molecule is Fc1ccc([S+](c2ccccc2)c2ccccc2)cc1OC1(c2ccccc2)CCCCC1. The van der Waals surface area contributed by atoms with Gasteiger partial charge >= 0.3 is 0 Å². The lowest BCUT2D eigenvalue weighted by Crippen LogP contribution is -2.35. The molecule has 5 rings (SSSR count). The van der Waals surface area contributed by atoms with E-state index in [9.17, 15) is 0 Å². The standard InChI is InChI=1S/C30H28FOS/c31-28-20-19-27(33(25-15-7-2-8-16-25)26-17-9-3-10-18-26)23-29(28)32-30(21-11-4-12-22-30)24-13-5-1-6-14-24/h1-3,5-10,13-20,23H,4,11-12,21-22H2/q+1. The molecule has 1 nitrogen and oxygen atoms in total. The third-order valence-corrected chi connectivity index (χ3v) is 8.58. The van der Waals surface area contributed by atoms with Crippen molar-refractivity contribution in [2.45, 2.75) is 52.4 Å². The molecule has 33 heavy (non-hydrogen) atoms. The molecule has 0 bridgehead atoms. The molecule has 3 heteroatoms.